The number of rotatable bonds is 5. The van der Waals surface area contributed by atoms with Crippen LogP contribution in [0.15, 0.2) is 36.5 Å². The number of hydrogen-bond acceptors (Lipinski definition) is 4. The summed E-state index contributed by atoms with van der Waals surface area (Å²) in [5.41, 5.74) is 2.08. The Hall–Kier alpha value is -2.34. The standard InChI is InChI=1S/C20H25N3O2S/c1-14-6-9-18(21-13-14)22-19(26)23-20(10-4-5-11-20)15-7-8-16(24-2)17(12-15)25-3/h6-9,12-13H,4-5,10-11H2,1-3H3,(H2,21,22,23,26). The minimum absolute atomic E-state index is 0.200. The lowest BCUT2D eigenvalue weighted by Gasteiger charge is -2.33. The van der Waals surface area contributed by atoms with E-state index in [0.29, 0.717) is 5.11 Å². The Labute approximate surface area is 160 Å². The van der Waals surface area contributed by atoms with E-state index in [1.807, 2.05) is 37.4 Å². The van der Waals surface area contributed by atoms with Crippen molar-refractivity contribution in [2.75, 3.05) is 19.5 Å². The van der Waals surface area contributed by atoms with Crippen molar-refractivity contribution in [3.05, 3.63) is 47.7 Å². The van der Waals surface area contributed by atoms with Crippen molar-refractivity contribution >= 4 is 23.1 Å². The summed E-state index contributed by atoms with van der Waals surface area (Å²) in [5.74, 6) is 2.21. The lowest BCUT2D eigenvalue weighted by atomic mass is 9.88. The third-order valence-corrected chi connectivity index (χ3v) is 5.10. The molecule has 0 aliphatic heterocycles. The van der Waals surface area contributed by atoms with Crippen LogP contribution >= 0.6 is 12.2 Å². The minimum Gasteiger partial charge on any atom is -0.493 e. The molecule has 6 heteroatoms. The van der Waals surface area contributed by atoms with Crippen LogP contribution in [0.4, 0.5) is 5.82 Å². The molecular weight excluding hydrogens is 346 g/mol. The second-order valence-corrected chi connectivity index (χ2v) is 7.07. The molecule has 3 rings (SSSR count). The molecule has 0 atom stereocenters. The minimum atomic E-state index is -0.200. The highest BCUT2D eigenvalue weighted by atomic mass is 32.1. The average Bonchev–Trinajstić information content (AvgIpc) is 3.12. The van der Waals surface area contributed by atoms with Crippen LogP contribution in [0.5, 0.6) is 11.5 Å². The Kier molecular flexibility index (Phi) is 5.61. The molecule has 2 N–H and O–H groups in total. The van der Waals surface area contributed by atoms with Crippen LogP contribution in [0, 0.1) is 6.92 Å². The first-order valence-corrected chi connectivity index (χ1v) is 9.21. The molecule has 1 aliphatic rings. The highest BCUT2D eigenvalue weighted by Crippen LogP contribution is 2.41. The smallest absolute Gasteiger partial charge is 0.172 e. The number of nitrogens with one attached hydrogen (secondary N) is 2. The van der Waals surface area contributed by atoms with Crippen molar-refractivity contribution in [2.45, 2.75) is 38.1 Å². The largest absolute Gasteiger partial charge is 0.493 e. The summed E-state index contributed by atoms with van der Waals surface area (Å²) in [6, 6.07) is 10.0. The summed E-state index contributed by atoms with van der Waals surface area (Å²) in [6.45, 7) is 2.01. The van der Waals surface area contributed by atoms with Gasteiger partial charge in [0.25, 0.3) is 0 Å². The van der Waals surface area contributed by atoms with Gasteiger partial charge < -0.3 is 20.1 Å². The van der Waals surface area contributed by atoms with Crippen molar-refractivity contribution in [1.29, 1.82) is 0 Å². The first-order chi connectivity index (χ1) is 12.6. The van der Waals surface area contributed by atoms with Crippen molar-refractivity contribution in [3.8, 4) is 11.5 Å². The van der Waals surface area contributed by atoms with Crippen molar-refractivity contribution in [1.82, 2.24) is 10.3 Å². The Bertz CT molecular complexity index is 771. The maximum Gasteiger partial charge on any atom is 0.172 e. The Morgan fingerprint density at radius 1 is 1.08 bits per heavy atom. The van der Waals surface area contributed by atoms with Gasteiger partial charge in [0, 0.05) is 6.20 Å². The fourth-order valence-corrected chi connectivity index (χ4v) is 3.80. The van der Waals surface area contributed by atoms with Gasteiger partial charge in [0.15, 0.2) is 16.6 Å². The number of aryl methyl sites for hydroxylation is 1. The van der Waals surface area contributed by atoms with Gasteiger partial charge >= 0.3 is 0 Å². The Morgan fingerprint density at radius 3 is 2.42 bits per heavy atom. The molecule has 26 heavy (non-hydrogen) atoms. The van der Waals surface area contributed by atoms with E-state index in [2.05, 4.69) is 21.7 Å². The van der Waals surface area contributed by atoms with E-state index < -0.39 is 0 Å². The number of benzene rings is 1. The molecule has 1 aromatic heterocycles. The molecule has 1 aliphatic carbocycles. The van der Waals surface area contributed by atoms with E-state index in [0.717, 1.165) is 54.1 Å². The van der Waals surface area contributed by atoms with Gasteiger partial charge in [-0.2, -0.15) is 0 Å². The maximum absolute atomic E-state index is 5.57. The first kappa shape index (κ1) is 18.5. The fourth-order valence-electron chi connectivity index (χ4n) is 3.50. The molecule has 0 unspecified atom stereocenters. The van der Waals surface area contributed by atoms with Crippen molar-refractivity contribution < 1.29 is 9.47 Å². The molecule has 1 fully saturated rings. The molecule has 0 saturated heterocycles. The van der Waals surface area contributed by atoms with Gasteiger partial charge in [-0.3, -0.25) is 0 Å². The van der Waals surface area contributed by atoms with Gasteiger partial charge in [-0.05, 0) is 61.3 Å². The lowest BCUT2D eigenvalue weighted by molar-refractivity contribution is 0.350. The molecule has 0 bridgehead atoms. The van der Waals surface area contributed by atoms with Gasteiger partial charge in [-0.25, -0.2) is 4.98 Å². The molecule has 1 heterocycles. The number of hydrogen-bond donors (Lipinski definition) is 2. The van der Waals surface area contributed by atoms with Crippen LogP contribution in [0.25, 0.3) is 0 Å². The normalized spacial score (nSPS) is 15.3. The molecule has 0 amide bonds. The summed E-state index contributed by atoms with van der Waals surface area (Å²) in [6.07, 6.45) is 6.18. The van der Waals surface area contributed by atoms with Gasteiger partial charge in [-0.1, -0.05) is 25.0 Å². The summed E-state index contributed by atoms with van der Waals surface area (Å²) in [5, 5.41) is 7.32. The lowest BCUT2D eigenvalue weighted by Crippen LogP contribution is -2.45. The van der Waals surface area contributed by atoms with Gasteiger partial charge in [0.05, 0.1) is 19.8 Å². The Balaban J connectivity index is 1.81. The second-order valence-electron chi connectivity index (χ2n) is 6.66. The third-order valence-electron chi connectivity index (χ3n) is 4.90. The second kappa shape index (κ2) is 7.91. The molecular formula is C20H25N3O2S. The van der Waals surface area contributed by atoms with Crippen LogP contribution in [-0.4, -0.2) is 24.3 Å². The van der Waals surface area contributed by atoms with E-state index in [9.17, 15) is 0 Å². The topological polar surface area (TPSA) is 55.4 Å². The highest BCUT2D eigenvalue weighted by Gasteiger charge is 2.37. The molecule has 138 valence electrons. The number of pyridine rings is 1. The van der Waals surface area contributed by atoms with Gasteiger partial charge in [-0.15, -0.1) is 0 Å². The molecule has 0 radical (unpaired) electrons. The predicted molar refractivity (Wildman–Crippen MR) is 108 cm³/mol. The zero-order valence-corrected chi connectivity index (χ0v) is 16.3. The van der Waals surface area contributed by atoms with E-state index in [4.69, 9.17) is 21.7 Å². The quantitative estimate of drug-likeness (QED) is 0.770. The number of ether oxygens (including phenoxy) is 2. The first-order valence-electron chi connectivity index (χ1n) is 8.81. The van der Waals surface area contributed by atoms with Crippen LogP contribution in [0.2, 0.25) is 0 Å². The monoisotopic (exact) mass is 371 g/mol. The number of nitrogens with zero attached hydrogens (tertiary/aromatic N) is 1. The van der Waals surface area contributed by atoms with Gasteiger partial charge in [0.1, 0.15) is 5.82 Å². The number of anilines is 1. The summed E-state index contributed by atoms with van der Waals surface area (Å²) < 4.78 is 10.8. The zero-order valence-electron chi connectivity index (χ0n) is 15.5. The van der Waals surface area contributed by atoms with Crippen LogP contribution < -0.4 is 20.1 Å². The van der Waals surface area contributed by atoms with Gasteiger partial charge in [0.2, 0.25) is 0 Å². The summed E-state index contributed by atoms with van der Waals surface area (Å²) >= 11 is 5.57. The molecule has 5 nitrogen and oxygen atoms in total. The molecule has 1 aromatic carbocycles. The molecule has 0 spiro atoms. The van der Waals surface area contributed by atoms with E-state index in [1.54, 1.807) is 14.2 Å². The average molecular weight is 372 g/mol. The summed E-state index contributed by atoms with van der Waals surface area (Å²) in [7, 11) is 3.31. The molecule has 1 saturated carbocycles. The van der Waals surface area contributed by atoms with E-state index in [-0.39, 0.29) is 5.54 Å². The SMILES string of the molecule is COc1ccc(C2(NC(=S)Nc3ccc(C)cn3)CCCC2)cc1OC. The number of methoxy groups -OCH3 is 2. The van der Waals surface area contributed by atoms with Crippen LogP contribution in [0.3, 0.4) is 0 Å². The summed E-state index contributed by atoms with van der Waals surface area (Å²) in [4.78, 5) is 4.36. The zero-order chi connectivity index (χ0) is 18.6. The van der Waals surface area contributed by atoms with Crippen molar-refractivity contribution in [2.24, 2.45) is 0 Å². The maximum atomic E-state index is 5.57. The fraction of sp³-hybridized carbons (Fsp3) is 0.400. The van der Waals surface area contributed by atoms with Crippen LogP contribution in [-0.2, 0) is 5.54 Å². The molecule has 2 aromatic rings. The number of aromatic nitrogens is 1. The van der Waals surface area contributed by atoms with Crippen LogP contribution in [0.1, 0.15) is 36.8 Å². The number of thiocarbonyl (C=S) groups is 1. The Morgan fingerprint density at radius 2 is 1.81 bits per heavy atom. The van der Waals surface area contributed by atoms with E-state index >= 15 is 0 Å². The predicted octanol–water partition coefficient (Wildman–Crippen LogP) is 4.16. The third kappa shape index (κ3) is 3.90. The highest BCUT2D eigenvalue weighted by molar-refractivity contribution is 7.80. The van der Waals surface area contributed by atoms with E-state index in [1.165, 1.54) is 0 Å². The van der Waals surface area contributed by atoms with Crippen molar-refractivity contribution in [3.63, 3.8) is 0 Å².